The minimum absolute atomic E-state index is 0.136. The molecule has 0 saturated heterocycles. The minimum atomic E-state index is -0.274. The summed E-state index contributed by atoms with van der Waals surface area (Å²) < 4.78 is 12.2. The molecule has 3 aromatic rings. The van der Waals surface area contributed by atoms with E-state index in [1.54, 1.807) is 13.2 Å². The van der Waals surface area contributed by atoms with Crippen molar-refractivity contribution in [3.8, 4) is 11.5 Å². The fourth-order valence-corrected chi connectivity index (χ4v) is 3.32. The van der Waals surface area contributed by atoms with E-state index in [-0.39, 0.29) is 30.0 Å². The van der Waals surface area contributed by atoms with Crippen LogP contribution in [0, 0.1) is 5.92 Å². The largest absolute Gasteiger partial charge is 0.497 e. The van der Waals surface area contributed by atoms with Gasteiger partial charge in [-0.1, -0.05) is 39.0 Å². The van der Waals surface area contributed by atoms with Crippen LogP contribution in [0.25, 0.3) is 10.8 Å². The molecule has 0 fully saturated rings. The molecule has 0 aliphatic rings. The maximum absolute atomic E-state index is 12.8. The summed E-state index contributed by atoms with van der Waals surface area (Å²) in [4.78, 5) is 25.5. The summed E-state index contributed by atoms with van der Waals surface area (Å²) >= 11 is 0. The molecule has 0 bridgehead atoms. The Bertz CT molecular complexity index is 1090. The third kappa shape index (κ3) is 5.42. The highest BCUT2D eigenvalue weighted by molar-refractivity contribution is 5.84. The van der Waals surface area contributed by atoms with E-state index in [9.17, 15) is 9.59 Å². The van der Waals surface area contributed by atoms with E-state index in [1.165, 1.54) is 4.68 Å². The Balaban J connectivity index is 1.70. The molecule has 1 amide bonds. The molecule has 0 radical (unpaired) electrons. The first-order valence-corrected chi connectivity index (χ1v) is 10.5. The first kappa shape index (κ1) is 22.3. The Morgan fingerprint density at radius 2 is 1.71 bits per heavy atom. The van der Waals surface area contributed by atoms with Crippen LogP contribution < -0.4 is 20.3 Å². The van der Waals surface area contributed by atoms with Gasteiger partial charge >= 0.3 is 0 Å². The Morgan fingerprint density at radius 3 is 2.32 bits per heavy atom. The number of rotatable bonds is 9. The van der Waals surface area contributed by atoms with Gasteiger partial charge in [0.15, 0.2) is 0 Å². The average Bonchev–Trinajstić information content (AvgIpc) is 2.78. The molecule has 7 heteroatoms. The molecule has 0 aliphatic carbocycles. The summed E-state index contributed by atoms with van der Waals surface area (Å²) in [6.07, 6.45) is 0.673. The second-order valence-corrected chi connectivity index (χ2v) is 7.71. The van der Waals surface area contributed by atoms with Gasteiger partial charge in [-0.25, -0.2) is 4.68 Å². The lowest BCUT2D eigenvalue weighted by molar-refractivity contribution is -0.123. The fraction of sp³-hybridized carbons (Fsp3) is 0.375. The molecular formula is C24H29N3O4. The molecular weight excluding hydrogens is 394 g/mol. The molecule has 1 N–H and O–H groups in total. The number of aryl methyl sites for hydroxylation is 1. The number of carbonyl (C=O) groups excluding carboxylic acids is 1. The SMILES string of the molecule is CCc1nn(CC(=O)N[C@@H](COc2ccc(OC)cc2)C(C)C)c(=O)c2ccccc12. The van der Waals surface area contributed by atoms with E-state index in [4.69, 9.17) is 9.47 Å². The van der Waals surface area contributed by atoms with Gasteiger partial charge < -0.3 is 14.8 Å². The van der Waals surface area contributed by atoms with Crippen molar-refractivity contribution < 1.29 is 14.3 Å². The van der Waals surface area contributed by atoms with Gasteiger partial charge in [0.05, 0.1) is 24.2 Å². The van der Waals surface area contributed by atoms with Crippen LogP contribution in [-0.2, 0) is 17.8 Å². The van der Waals surface area contributed by atoms with Gasteiger partial charge in [0.25, 0.3) is 5.56 Å². The molecule has 2 aromatic carbocycles. The number of hydrogen-bond donors (Lipinski definition) is 1. The van der Waals surface area contributed by atoms with Gasteiger partial charge in [-0.3, -0.25) is 9.59 Å². The third-order valence-corrected chi connectivity index (χ3v) is 5.21. The number of amides is 1. The Labute approximate surface area is 182 Å². The van der Waals surface area contributed by atoms with Crippen LogP contribution in [0.4, 0.5) is 0 Å². The number of methoxy groups -OCH3 is 1. The minimum Gasteiger partial charge on any atom is -0.497 e. The normalized spacial score (nSPS) is 12.0. The molecule has 0 aliphatic heterocycles. The van der Waals surface area contributed by atoms with Gasteiger partial charge in [0.2, 0.25) is 5.91 Å². The first-order valence-electron chi connectivity index (χ1n) is 10.5. The maximum Gasteiger partial charge on any atom is 0.275 e. The molecule has 3 rings (SSSR count). The van der Waals surface area contributed by atoms with Crippen LogP contribution in [-0.4, -0.2) is 35.4 Å². The van der Waals surface area contributed by atoms with E-state index in [0.29, 0.717) is 24.2 Å². The van der Waals surface area contributed by atoms with Gasteiger partial charge in [-0.2, -0.15) is 5.10 Å². The lowest BCUT2D eigenvalue weighted by atomic mass is 10.1. The molecule has 0 spiro atoms. The predicted octanol–water partition coefficient (Wildman–Crippen LogP) is 3.19. The zero-order chi connectivity index (χ0) is 22.4. The number of nitrogens with zero attached hydrogens (tertiary/aromatic N) is 2. The van der Waals surface area contributed by atoms with Crippen molar-refractivity contribution in [2.75, 3.05) is 13.7 Å². The number of benzene rings is 2. The summed E-state index contributed by atoms with van der Waals surface area (Å²) in [6.45, 7) is 6.18. The number of carbonyl (C=O) groups is 1. The fourth-order valence-electron chi connectivity index (χ4n) is 3.32. The molecule has 1 aromatic heterocycles. The Hall–Kier alpha value is -3.35. The van der Waals surface area contributed by atoms with Gasteiger partial charge in [0, 0.05) is 5.39 Å². The third-order valence-electron chi connectivity index (χ3n) is 5.21. The molecule has 1 heterocycles. The highest BCUT2D eigenvalue weighted by atomic mass is 16.5. The van der Waals surface area contributed by atoms with E-state index in [2.05, 4.69) is 10.4 Å². The topological polar surface area (TPSA) is 82.5 Å². The molecule has 31 heavy (non-hydrogen) atoms. The van der Waals surface area contributed by atoms with E-state index in [1.807, 2.05) is 63.2 Å². The number of ether oxygens (including phenoxy) is 2. The van der Waals surface area contributed by atoms with Crippen molar-refractivity contribution >= 4 is 16.7 Å². The zero-order valence-electron chi connectivity index (χ0n) is 18.4. The molecule has 1 atom stereocenters. The molecule has 0 unspecified atom stereocenters. The van der Waals surface area contributed by atoms with Crippen LogP contribution in [0.15, 0.2) is 53.3 Å². The lowest BCUT2D eigenvalue weighted by Crippen LogP contribution is -2.45. The zero-order valence-corrected chi connectivity index (χ0v) is 18.4. The van der Waals surface area contributed by atoms with Crippen molar-refractivity contribution in [3.63, 3.8) is 0 Å². The monoisotopic (exact) mass is 423 g/mol. The summed E-state index contributed by atoms with van der Waals surface area (Å²) in [5, 5.41) is 8.81. The molecule has 164 valence electrons. The number of hydrogen-bond acceptors (Lipinski definition) is 5. The highest BCUT2D eigenvalue weighted by Crippen LogP contribution is 2.18. The average molecular weight is 424 g/mol. The van der Waals surface area contributed by atoms with Gasteiger partial charge in [-0.15, -0.1) is 0 Å². The lowest BCUT2D eigenvalue weighted by Gasteiger charge is -2.23. The van der Waals surface area contributed by atoms with Gasteiger partial charge in [-0.05, 0) is 42.7 Å². The first-order chi connectivity index (χ1) is 14.9. The quantitative estimate of drug-likeness (QED) is 0.572. The summed E-state index contributed by atoms with van der Waals surface area (Å²) in [5.74, 6) is 1.32. The van der Waals surface area contributed by atoms with Crippen LogP contribution >= 0.6 is 0 Å². The predicted molar refractivity (Wildman–Crippen MR) is 121 cm³/mol. The van der Waals surface area contributed by atoms with E-state index < -0.39 is 0 Å². The Kier molecular flexibility index (Phi) is 7.28. The second kappa shape index (κ2) is 10.1. The van der Waals surface area contributed by atoms with Crippen LogP contribution in [0.1, 0.15) is 26.5 Å². The van der Waals surface area contributed by atoms with Crippen molar-refractivity contribution in [2.45, 2.75) is 39.8 Å². The maximum atomic E-state index is 12.8. The summed E-state index contributed by atoms with van der Waals surface area (Å²) in [5.41, 5.74) is 0.532. The Morgan fingerprint density at radius 1 is 1.06 bits per heavy atom. The standard InChI is InChI=1S/C24H29N3O4/c1-5-21-19-8-6-7-9-20(19)24(29)27(26-21)14-23(28)25-22(16(2)3)15-31-18-12-10-17(30-4)11-13-18/h6-13,16,22H,5,14-15H2,1-4H3,(H,25,28)/t22-/m0/s1. The van der Waals surface area contributed by atoms with Crippen LogP contribution in [0.3, 0.4) is 0 Å². The summed E-state index contributed by atoms with van der Waals surface area (Å²) in [7, 11) is 1.61. The number of aromatic nitrogens is 2. The summed E-state index contributed by atoms with van der Waals surface area (Å²) in [6, 6.07) is 14.4. The molecule has 0 saturated carbocycles. The van der Waals surface area contributed by atoms with E-state index >= 15 is 0 Å². The van der Waals surface area contributed by atoms with Crippen molar-refractivity contribution in [1.82, 2.24) is 15.1 Å². The second-order valence-electron chi connectivity index (χ2n) is 7.71. The van der Waals surface area contributed by atoms with Crippen molar-refractivity contribution in [1.29, 1.82) is 0 Å². The highest BCUT2D eigenvalue weighted by Gasteiger charge is 2.19. The van der Waals surface area contributed by atoms with Crippen LogP contribution in [0.2, 0.25) is 0 Å². The number of nitrogens with one attached hydrogen (secondary N) is 1. The molecule has 7 nitrogen and oxygen atoms in total. The van der Waals surface area contributed by atoms with Crippen molar-refractivity contribution in [3.05, 3.63) is 64.6 Å². The smallest absolute Gasteiger partial charge is 0.275 e. The number of fused-ring (bicyclic) bond motifs is 1. The van der Waals surface area contributed by atoms with Gasteiger partial charge in [0.1, 0.15) is 24.7 Å². The van der Waals surface area contributed by atoms with E-state index in [0.717, 1.165) is 16.8 Å². The van der Waals surface area contributed by atoms with Crippen LogP contribution in [0.5, 0.6) is 11.5 Å². The van der Waals surface area contributed by atoms with Crippen molar-refractivity contribution in [2.24, 2.45) is 5.92 Å².